The summed E-state index contributed by atoms with van der Waals surface area (Å²) >= 11 is 0. The molecule has 10 nitrogen and oxygen atoms in total. The molecule has 0 spiro atoms. The van der Waals surface area contributed by atoms with Gasteiger partial charge in [-0.15, -0.1) is 0 Å². The average Bonchev–Trinajstić information content (AvgIpc) is 2.49. The second kappa shape index (κ2) is 20.7. The molecule has 140 valence electrons. The standard InChI is InChI=1S/C7H13NO4.C6H13NO2.CO2/c8-5(7(11)12)3-1-2-4-6(9)10;7-5-3-1-2-4-6(8)9;2-1-3/h5H,1-4,8H2,(H,9,10)(H,11,12);1-5,7H2,(H,8,9);. The number of nitrogens with two attached hydrogens (primary N) is 2. The van der Waals surface area contributed by atoms with Gasteiger partial charge in [0.05, 0.1) is 0 Å². The van der Waals surface area contributed by atoms with E-state index in [-0.39, 0.29) is 19.0 Å². The van der Waals surface area contributed by atoms with Crippen LogP contribution in [0.25, 0.3) is 0 Å². The van der Waals surface area contributed by atoms with Crippen molar-refractivity contribution in [3.8, 4) is 0 Å². The molecule has 0 aromatic heterocycles. The summed E-state index contributed by atoms with van der Waals surface area (Å²) in [5.41, 5.74) is 10.4. The van der Waals surface area contributed by atoms with Gasteiger partial charge in [0.1, 0.15) is 6.04 Å². The van der Waals surface area contributed by atoms with Crippen LogP contribution in [0.4, 0.5) is 0 Å². The van der Waals surface area contributed by atoms with Crippen LogP contribution in [0, 0.1) is 0 Å². The maximum atomic E-state index is 10.2. The summed E-state index contributed by atoms with van der Waals surface area (Å²) in [5.74, 6) is -2.61. The predicted molar refractivity (Wildman–Crippen MR) is 81.9 cm³/mol. The molecule has 0 saturated heterocycles. The van der Waals surface area contributed by atoms with Crippen LogP contribution in [0.2, 0.25) is 0 Å². The molecule has 0 aliphatic carbocycles. The largest absolute Gasteiger partial charge is 0.481 e. The van der Waals surface area contributed by atoms with Crippen molar-refractivity contribution in [2.24, 2.45) is 11.5 Å². The summed E-state index contributed by atoms with van der Waals surface area (Å²) in [6, 6.07) is -0.862. The Labute approximate surface area is 139 Å². The zero-order valence-corrected chi connectivity index (χ0v) is 13.5. The molecule has 0 aromatic carbocycles. The lowest BCUT2D eigenvalue weighted by molar-refractivity contribution is -0.191. The number of unbranched alkanes of at least 4 members (excludes halogenated alkanes) is 3. The smallest absolute Gasteiger partial charge is 0.373 e. The number of carbonyl (C=O) groups is 3. The third-order valence-electron chi connectivity index (χ3n) is 2.57. The molecule has 24 heavy (non-hydrogen) atoms. The topological polar surface area (TPSA) is 198 Å². The fourth-order valence-electron chi connectivity index (χ4n) is 1.36. The zero-order valence-electron chi connectivity index (χ0n) is 13.5. The summed E-state index contributed by atoms with van der Waals surface area (Å²) in [4.78, 5) is 46.4. The second-order valence-corrected chi connectivity index (χ2v) is 4.66. The summed E-state index contributed by atoms with van der Waals surface area (Å²) < 4.78 is 0. The van der Waals surface area contributed by atoms with Crippen molar-refractivity contribution >= 4 is 24.1 Å². The van der Waals surface area contributed by atoms with Gasteiger partial charge in [-0.3, -0.25) is 14.4 Å². The van der Waals surface area contributed by atoms with E-state index in [9.17, 15) is 14.4 Å². The average molecular weight is 350 g/mol. The van der Waals surface area contributed by atoms with Gasteiger partial charge in [0.15, 0.2) is 0 Å². The van der Waals surface area contributed by atoms with Gasteiger partial charge < -0.3 is 26.8 Å². The number of hydrogen-bond acceptors (Lipinski definition) is 7. The Kier molecular flexibility index (Phi) is 23.0. The molecule has 0 aliphatic rings. The highest BCUT2D eigenvalue weighted by Crippen LogP contribution is 2.02. The van der Waals surface area contributed by atoms with Crippen molar-refractivity contribution in [1.82, 2.24) is 0 Å². The highest BCUT2D eigenvalue weighted by molar-refractivity contribution is 5.73. The predicted octanol–water partition coefficient (Wildman–Crippen LogP) is 0.0499. The first kappa shape index (κ1) is 26.6. The Hall–Kier alpha value is -2.29. The van der Waals surface area contributed by atoms with Gasteiger partial charge in [0.2, 0.25) is 0 Å². The Morgan fingerprint density at radius 1 is 0.833 bits per heavy atom. The molecule has 0 saturated carbocycles. The Morgan fingerprint density at radius 3 is 1.58 bits per heavy atom. The summed E-state index contributed by atoms with van der Waals surface area (Å²) in [5, 5.41) is 24.8. The summed E-state index contributed by atoms with van der Waals surface area (Å²) in [6.07, 6.45) is 4.59. The molecule has 0 aromatic rings. The number of carboxylic acid groups (broad SMARTS) is 3. The van der Waals surface area contributed by atoms with Crippen LogP contribution >= 0.6 is 0 Å². The van der Waals surface area contributed by atoms with Gasteiger partial charge in [0, 0.05) is 12.8 Å². The van der Waals surface area contributed by atoms with Crippen molar-refractivity contribution in [2.75, 3.05) is 6.54 Å². The molecule has 1 unspecified atom stereocenters. The van der Waals surface area contributed by atoms with Crippen molar-refractivity contribution in [1.29, 1.82) is 0 Å². The first-order valence-electron chi connectivity index (χ1n) is 7.34. The van der Waals surface area contributed by atoms with Crippen molar-refractivity contribution in [2.45, 2.75) is 57.4 Å². The third kappa shape index (κ3) is 31.9. The van der Waals surface area contributed by atoms with Crippen LogP contribution in [-0.2, 0) is 24.0 Å². The fraction of sp³-hybridized carbons (Fsp3) is 0.714. The van der Waals surface area contributed by atoms with Gasteiger partial charge in [-0.2, -0.15) is 9.59 Å². The first-order chi connectivity index (χ1) is 11.2. The number of hydrogen-bond donors (Lipinski definition) is 5. The molecule has 0 aliphatic heterocycles. The highest BCUT2D eigenvalue weighted by atomic mass is 16.4. The van der Waals surface area contributed by atoms with E-state index in [0.29, 0.717) is 25.8 Å². The van der Waals surface area contributed by atoms with Gasteiger partial charge in [-0.25, -0.2) is 0 Å². The van der Waals surface area contributed by atoms with Crippen LogP contribution in [-0.4, -0.2) is 52.0 Å². The molecule has 7 N–H and O–H groups in total. The Morgan fingerprint density at radius 2 is 1.25 bits per heavy atom. The summed E-state index contributed by atoms with van der Waals surface area (Å²) in [7, 11) is 0. The minimum Gasteiger partial charge on any atom is -0.481 e. The minimum atomic E-state index is -1.04. The fourth-order valence-corrected chi connectivity index (χ4v) is 1.36. The molecule has 1 atom stereocenters. The van der Waals surface area contributed by atoms with Crippen LogP contribution in [0.15, 0.2) is 0 Å². The highest BCUT2D eigenvalue weighted by Gasteiger charge is 2.10. The van der Waals surface area contributed by atoms with E-state index in [4.69, 9.17) is 36.4 Å². The van der Waals surface area contributed by atoms with Crippen LogP contribution in [0.3, 0.4) is 0 Å². The molecule has 0 bridgehead atoms. The molecule has 0 fully saturated rings. The third-order valence-corrected chi connectivity index (χ3v) is 2.57. The zero-order chi connectivity index (χ0) is 19.4. The van der Waals surface area contributed by atoms with Gasteiger partial charge in [-0.1, -0.05) is 12.8 Å². The van der Waals surface area contributed by atoms with E-state index in [2.05, 4.69) is 0 Å². The molecule has 0 radical (unpaired) electrons. The van der Waals surface area contributed by atoms with E-state index in [1.807, 2.05) is 0 Å². The number of rotatable bonds is 11. The van der Waals surface area contributed by atoms with Crippen LogP contribution < -0.4 is 11.5 Å². The van der Waals surface area contributed by atoms with Gasteiger partial charge in [-0.05, 0) is 32.2 Å². The van der Waals surface area contributed by atoms with E-state index in [0.717, 1.165) is 19.3 Å². The van der Waals surface area contributed by atoms with Gasteiger partial charge in [0.25, 0.3) is 0 Å². The maximum Gasteiger partial charge on any atom is 0.373 e. The van der Waals surface area contributed by atoms with Crippen molar-refractivity contribution in [3.63, 3.8) is 0 Å². The lowest BCUT2D eigenvalue weighted by Crippen LogP contribution is -2.29. The Bertz CT molecular complexity index is 381. The van der Waals surface area contributed by atoms with Crippen molar-refractivity contribution in [3.05, 3.63) is 0 Å². The quantitative estimate of drug-likeness (QED) is 0.317. The number of carbonyl (C=O) groups excluding carboxylic acids is 2. The van der Waals surface area contributed by atoms with Gasteiger partial charge >= 0.3 is 24.1 Å². The van der Waals surface area contributed by atoms with E-state index < -0.39 is 23.9 Å². The second-order valence-electron chi connectivity index (χ2n) is 4.66. The normalized spacial score (nSPS) is 10.1. The molecule has 0 amide bonds. The molecule has 0 rings (SSSR count). The summed E-state index contributed by atoms with van der Waals surface area (Å²) in [6.45, 7) is 0.666. The van der Waals surface area contributed by atoms with Crippen molar-refractivity contribution < 1.29 is 39.3 Å². The minimum absolute atomic E-state index is 0.0757. The number of carboxylic acids is 3. The van der Waals surface area contributed by atoms with E-state index in [1.54, 1.807) is 0 Å². The molecule has 0 heterocycles. The number of aliphatic carboxylic acids is 3. The molecule has 10 heteroatoms. The Balaban J connectivity index is -0.000000324. The maximum absolute atomic E-state index is 10.2. The molecular weight excluding hydrogens is 324 g/mol. The molecular formula is C14H26N2O8. The lowest BCUT2D eigenvalue weighted by atomic mass is 10.1. The monoisotopic (exact) mass is 350 g/mol. The van der Waals surface area contributed by atoms with Crippen LogP contribution in [0.1, 0.15) is 51.4 Å². The van der Waals surface area contributed by atoms with E-state index in [1.165, 1.54) is 0 Å². The lowest BCUT2D eigenvalue weighted by Gasteiger charge is -2.03. The SMILES string of the molecule is NC(CCCCC(=O)O)C(=O)O.NCCCCCC(=O)O.O=C=O. The van der Waals surface area contributed by atoms with E-state index >= 15 is 0 Å². The van der Waals surface area contributed by atoms with Crippen LogP contribution in [0.5, 0.6) is 0 Å². The first-order valence-corrected chi connectivity index (χ1v) is 7.34.